The molecule has 0 unspecified atom stereocenters. The molecule has 2 rings (SSSR count). The Kier molecular flexibility index (Phi) is 4.80. The summed E-state index contributed by atoms with van der Waals surface area (Å²) in [6, 6.07) is 13.3. The van der Waals surface area contributed by atoms with E-state index in [-0.39, 0.29) is 11.7 Å². The second-order valence-electron chi connectivity index (χ2n) is 5.10. The third-order valence-electron chi connectivity index (χ3n) is 3.07. The number of hydrogen-bond donors (Lipinski definition) is 0. The van der Waals surface area contributed by atoms with Crippen LogP contribution in [0.3, 0.4) is 0 Å². The molecule has 4 nitrogen and oxygen atoms in total. The molecule has 4 heteroatoms. The van der Waals surface area contributed by atoms with Gasteiger partial charge in [0.25, 0.3) is 0 Å². The molecular weight excluding hydrogens is 278 g/mol. The second-order valence-corrected chi connectivity index (χ2v) is 5.10. The van der Waals surface area contributed by atoms with Crippen LogP contribution in [0.15, 0.2) is 42.0 Å². The molecule has 2 aromatic rings. The molecule has 0 fully saturated rings. The molecule has 0 aliphatic heterocycles. The Hall–Kier alpha value is -2.80. The van der Waals surface area contributed by atoms with Gasteiger partial charge >= 0.3 is 5.97 Å². The third kappa shape index (κ3) is 3.64. The van der Waals surface area contributed by atoms with Crippen LogP contribution < -0.4 is 4.74 Å². The fourth-order valence-electron chi connectivity index (χ4n) is 2.04. The average Bonchev–Trinajstić information content (AvgIpc) is 2.51. The summed E-state index contributed by atoms with van der Waals surface area (Å²) in [5.41, 5.74) is 0.761. The minimum atomic E-state index is -0.604. The minimum absolute atomic E-state index is 0.0124. The number of nitriles is 1. The van der Waals surface area contributed by atoms with Crippen molar-refractivity contribution < 1.29 is 14.3 Å². The molecule has 0 aromatic heterocycles. The van der Waals surface area contributed by atoms with Crippen LogP contribution in [-0.4, -0.2) is 19.2 Å². The van der Waals surface area contributed by atoms with Crippen molar-refractivity contribution in [2.24, 2.45) is 0 Å². The second kappa shape index (κ2) is 6.77. The molecule has 0 radical (unpaired) electrons. The van der Waals surface area contributed by atoms with Crippen molar-refractivity contribution in [3.05, 3.63) is 47.5 Å². The Morgan fingerprint density at radius 1 is 1.18 bits per heavy atom. The highest BCUT2D eigenvalue weighted by Gasteiger charge is 2.12. The van der Waals surface area contributed by atoms with Crippen LogP contribution in [0.25, 0.3) is 16.8 Å². The van der Waals surface area contributed by atoms with Gasteiger partial charge in [0.15, 0.2) is 0 Å². The van der Waals surface area contributed by atoms with E-state index in [1.165, 1.54) is 6.08 Å². The Bertz CT molecular complexity index is 769. The van der Waals surface area contributed by atoms with Crippen LogP contribution in [0.4, 0.5) is 0 Å². The number of carbonyl (C=O) groups excluding carboxylic acids is 1. The van der Waals surface area contributed by atoms with Gasteiger partial charge in [-0.05, 0) is 54.5 Å². The normalized spacial score (nSPS) is 11.3. The highest BCUT2D eigenvalue weighted by Crippen LogP contribution is 2.23. The van der Waals surface area contributed by atoms with Gasteiger partial charge in [0.05, 0.1) is 13.2 Å². The zero-order chi connectivity index (χ0) is 16.1. The maximum atomic E-state index is 11.8. The van der Waals surface area contributed by atoms with Gasteiger partial charge in [0.1, 0.15) is 17.4 Å². The van der Waals surface area contributed by atoms with Crippen molar-refractivity contribution in [2.75, 3.05) is 7.11 Å². The summed E-state index contributed by atoms with van der Waals surface area (Å²) < 4.78 is 10.2. The number of fused-ring (bicyclic) bond motifs is 1. The molecule has 112 valence electrons. The molecule has 0 bridgehead atoms. The lowest BCUT2D eigenvalue weighted by atomic mass is 10.0. The van der Waals surface area contributed by atoms with E-state index in [1.54, 1.807) is 21.0 Å². The first kappa shape index (κ1) is 15.6. The predicted octanol–water partition coefficient (Wildman–Crippen LogP) is 3.71. The number of rotatable bonds is 4. The number of esters is 1. The van der Waals surface area contributed by atoms with Gasteiger partial charge in [-0.2, -0.15) is 5.26 Å². The lowest BCUT2D eigenvalue weighted by molar-refractivity contribution is -0.142. The summed E-state index contributed by atoms with van der Waals surface area (Å²) >= 11 is 0. The van der Waals surface area contributed by atoms with E-state index >= 15 is 0 Å². The first-order valence-electron chi connectivity index (χ1n) is 6.94. The molecule has 0 heterocycles. The Morgan fingerprint density at radius 2 is 1.86 bits per heavy atom. The standard InChI is InChI=1S/C18H17NO3/c1-12(2)22-18(20)16(11-19)9-13-4-5-15-10-17(21-3)7-6-14(15)8-13/h4-10,12H,1-3H3/b16-9+. The van der Waals surface area contributed by atoms with E-state index in [4.69, 9.17) is 14.7 Å². The zero-order valence-electron chi connectivity index (χ0n) is 12.8. The molecule has 0 N–H and O–H groups in total. The third-order valence-corrected chi connectivity index (χ3v) is 3.07. The molecule has 0 atom stereocenters. The molecule has 2 aromatic carbocycles. The van der Waals surface area contributed by atoms with Crippen molar-refractivity contribution in [2.45, 2.75) is 20.0 Å². The van der Waals surface area contributed by atoms with E-state index in [0.29, 0.717) is 0 Å². The van der Waals surface area contributed by atoms with Gasteiger partial charge in [0, 0.05) is 0 Å². The van der Waals surface area contributed by atoms with E-state index in [0.717, 1.165) is 22.1 Å². The molecule has 0 aliphatic carbocycles. The predicted molar refractivity (Wildman–Crippen MR) is 85.3 cm³/mol. The van der Waals surface area contributed by atoms with Crippen molar-refractivity contribution in [3.8, 4) is 11.8 Å². The highest BCUT2D eigenvalue weighted by atomic mass is 16.5. The highest BCUT2D eigenvalue weighted by molar-refractivity contribution is 5.98. The van der Waals surface area contributed by atoms with Crippen molar-refractivity contribution in [1.29, 1.82) is 5.26 Å². The van der Waals surface area contributed by atoms with E-state index in [9.17, 15) is 4.79 Å². The van der Waals surface area contributed by atoms with Crippen LogP contribution >= 0.6 is 0 Å². The molecule has 0 spiro atoms. The van der Waals surface area contributed by atoms with Gasteiger partial charge in [-0.1, -0.05) is 18.2 Å². The Labute approximate surface area is 129 Å². The van der Waals surface area contributed by atoms with Crippen LogP contribution in [0.2, 0.25) is 0 Å². The summed E-state index contributed by atoms with van der Waals surface area (Å²) in [5.74, 6) is 0.182. The van der Waals surface area contributed by atoms with Crippen LogP contribution in [0.5, 0.6) is 5.75 Å². The van der Waals surface area contributed by atoms with Crippen molar-refractivity contribution >= 4 is 22.8 Å². The number of benzene rings is 2. The summed E-state index contributed by atoms with van der Waals surface area (Å²) in [7, 11) is 1.62. The maximum absolute atomic E-state index is 11.8. The SMILES string of the molecule is COc1ccc2cc(/C=C(\C#N)C(=O)OC(C)C)ccc2c1. The van der Waals surface area contributed by atoms with E-state index < -0.39 is 5.97 Å². The summed E-state index contributed by atoms with van der Waals surface area (Å²) in [4.78, 5) is 11.8. The summed E-state index contributed by atoms with van der Waals surface area (Å²) in [6.45, 7) is 3.49. The fourth-order valence-corrected chi connectivity index (χ4v) is 2.04. The molecule has 22 heavy (non-hydrogen) atoms. The van der Waals surface area contributed by atoms with Gasteiger partial charge in [-0.15, -0.1) is 0 Å². The van der Waals surface area contributed by atoms with Crippen LogP contribution in [0, 0.1) is 11.3 Å². The molecule has 0 saturated heterocycles. The Morgan fingerprint density at radius 3 is 2.50 bits per heavy atom. The number of hydrogen-bond acceptors (Lipinski definition) is 4. The molecular formula is C18H17NO3. The smallest absolute Gasteiger partial charge is 0.349 e. The summed E-state index contributed by atoms with van der Waals surface area (Å²) in [5, 5.41) is 11.1. The average molecular weight is 295 g/mol. The number of ether oxygens (including phenoxy) is 2. The first-order chi connectivity index (χ1) is 10.5. The number of nitrogens with zero attached hydrogens (tertiary/aromatic N) is 1. The summed E-state index contributed by atoms with van der Waals surface area (Å²) in [6.07, 6.45) is 1.28. The number of methoxy groups -OCH3 is 1. The quantitative estimate of drug-likeness (QED) is 0.490. The van der Waals surface area contributed by atoms with Gasteiger partial charge in [-0.3, -0.25) is 0 Å². The first-order valence-corrected chi connectivity index (χ1v) is 6.94. The van der Waals surface area contributed by atoms with Gasteiger partial charge in [0.2, 0.25) is 0 Å². The molecule has 0 amide bonds. The Balaban J connectivity index is 2.35. The zero-order valence-corrected chi connectivity index (χ0v) is 12.8. The van der Waals surface area contributed by atoms with Gasteiger partial charge < -0.3 is 9.47 Å². The lowest BCUT2D eigenvalue weighted by Crippen LogP contribution is -2.12. The number of carbonyl (C=O) groups is 1. The monoisotopic (exact) mass is 295 g/mol. The van der Waals surface area contributed by atoms with Crippen molar-refractivity contribution in [1.82, 2.24) is 0 Å². The fraction of sp³-hybridized carbons (Fsp3) is 0.222. The van der Waals surface area contributed by atoms with E-state index in [1.807, 2.05) is 42.5 Å². The molecule has 0 saturated carbocycles. The van der Waals surface area contributed by atoms with Crippen molar-refractivity contribution in [3.63, 3.8) is 0 Å². The maximum Gasteiger partial charge on any atom is 0.349 e. The topological polar surface area (TPSA) is 59.3 Å². The lowest BCUT2D eigenvalue weighted by Gasteiger charge is -2.07. The van der Waals surface area contributed by atoms with Gasteiger partial charge in [-0.25, -0.2) is 4.79 Å². The molecule has 0 aliphatic rings. The van der Waals surface area contributed by atoms with Crippen LogP contribution in [-0.2, 0) is 9.53 Å². The minimum Gasteiger partial charge on any atom is -0.497 e. The largest absolute Gasteiger partial charge is 0.497 e. The van der Waals surface area contributed by atoms with E-state index in [2.05, 4.69) is 0 Å². The van der Waals surface area contributed by atoms with Crippen LogP contribution in [0.1, 0.15) is 19.4 Å².